The van der Waals surface area contributed by atoms with E-state index in [2.05, 4.69) is 15.5 Å². The van der Waals surface area contributed by atoms with Gasteiger partial charge in [-0.3, -0.25) is 4.79 Å². The largest absolute Gasteiger partial charge is 0.324 e. The molecule has 0 atom stereocenters. The fraction of sp³-hybridized carbons (Fsp3) is 0.211. The number of thioether (sulfide) groups is 2. The molecule has 1 heterocycles. The van der Waals surface area contributed by atoms with Gasteiger partial charge in [-0.05, 0) is 35.9 Å². The number of hydrogen-bond donors (Lipinski definition) is 1. The lowest BCUT2D eigenvalue weighted by molar-refractivity contribution is -0.113. The molecule has 0 radical (unpaired) electrons. The average molecular weight is 522 g/mol. The van der Waals surface area contributed by atoms with Gasteiger partial charge in [0.15, 0.2) is 5.16 Å². The van der Waals surface area contributed by atoms with Gasteiger partial charge in [0.05, 0.1) is 22.2 Å². The van der Waals surface area contributed by atoms with Crippen molar-refractivity contribution >= 4 is 81.5 Å². The number of nitrogens with zero attached hydrogens (tertiary/aromatic N) is 3. The molecular formula is C19H16Cl4N4OS2. The Morgan fingerprint density at radius 2 is 1.70 bits per heavy atom. The molecule has 0 fully saturated rings. The summed E-state index contributed by atoms with van der Waals surface area (Å²) in [6.07, 6.45) is 0. The lowest BCUT2D eigenvalue weighted by Crippen LogP contribution is -2.14. The maximum absolute atomic E-state index is 12.2. The quantitative estimate of drug-likeness (QED) is 0.338. The van der Waals surface area contributed by atoms with Gasteiger partial charge in [-0.25, -0.2) is 0 Å². The van der Waals surface area contributed by atoms with Gasteiger partial charge in [0.25, 0.3) is 0 Å². The zero-order chi connectivity index (χ0) is 21.7. The minimum Gasteiger partial charge on any atom is -0.324 e. The Kier molecular flexibility index (Phi) is 8.62. The predicted octanol–water partition coefficient (Wildman–Crippen LogP) is 6.59. The van der Waals surface area contributed by atoms with Crippen LogP contribution >= 0.6 is 69.9 Å². The maximum Gasteiger partial charge on any atom is 0.234 e. The molecule has 0 bridgehead atoms. The van der Waals surface area contributed by atoms with E-state index in [4.69, 9.17) is 46.4 Å². The van der Waals surface area contributed by atoms with E-state index in [1.807, 2.05) is 23.7 Å². The second kappa shape index (κ2) is 11.0. The molecule has 0 unspecified atom stereocenters. The van der Waals surface area contributed by atoms with Crippen molar-refractivity contribution in [2.75, 3.05) is 11.1 Å². The molecule has 0 aliphatic heterocycles. The van der Waals surface area contributed by atoms with Crippen molar-refractivity contribution in [1.29, 1.82) is 0 Å². The van der Waals surface area contributed by atoms with Crippen LogP contribution in [0.15, 0.2) is 41.6 Å². The van der Waals surface area contributed by atoms with Crippen LogP contribution < -0.4 is 5.32 Å². The van der Waals surface area contributed by atoms with Crippen LogP contribution in [0, 0.1) is 0 Å². The van der Waals surface area contributed by atoms with E-state index in [-0.39, 0.29) is 11.7 Å². The summed E-state index contributed by atoms with van der Waals surface area (Å²) >= 11 is 27.1. The molecule has 1 N–H and O–H groups in total. The Morgan fingerprint density at radius 1 is 1.00 bits per heavy atom. The number of anilines is 1. The lowest BCUT2D eigenvalue weighted by atomic mass is 10.2. The molecule has 0 spiro atoms. The van der Waals surface area contributed by atoms with Gasteiger partial charge in [-0.15, -0.1) is 22.0 Å². The number of carbonyl (C=O) groups excluding carboxylic acids is 1. The summed E-state index contributed by atoms with van der Waals surface area (Å²) in [5.41, 5.74) is 1.53. The van der Waals surface area contributed by atoms with Crippen molar-refractivity contribution < 1.29 is 4.79 Å². The Bertz CT molecular complexity index is 1060. The number of benzene rings is 2. The van der Waals surface area contributed by atoms with E-state index < -0.39 is 0 Å². The summed E-state index contributed by atoms with van der Waals surface area (Å²) in [6.45, 7) is 0. The Morgan fingerprint density at radius 3 is 2.40 bits per heavy atom. The lowest BCUT2D eigenvalue weighted by Gasteiger charge is -2.08. The zero-order valence-electron chi connectivity index (χ0n) is 15.7. The van der Waals surface area contributed by atoms with Crippen molar-refractivity contribution in [3.05, 3.63) is 67.9 Å². The summed E-state index contributed by atoms with van der Waals surface area (Å²) in [4.78, 5) is 12.2. The fourth-order valence-electron chi connectivity index (χ4n) is 2.39. The average Bonchev–Trinajstić information content (AvgIpc) is 3.04. The van der Waals surface area contributed by atoms with E-state index >= 15 is 0 Å². The second-order valence-corrected chi connectivity index (χ2v) is 9.76. The minimum absolute atomic E-state index is 0.179. The van der Waals surface area contributed by atoms with Crippen LogP contribution in [0.1, 0.15) is 11.4 Å². The predicted molar refractivity (Wildman–Crippen MR) is 128 cm³/mol. The van der Waals surface area contributed by atoms with Crippen molar-refractivity contribution in [2.45, 2.75) is 16.7 Å². The molecular weight excluding hydrogens is 506 g/mol. The molecule has 0 saturated heterocycles. The van der Waals surface area contributed by atoms with Crippen molar-refractivity contribution in [2.24, 2.45) is 7.05 Å². The molecule has 158 valence electrons. The first-order valence-corrected chi connectivity index (χ1v) is 12.3. The molecule has 5 nitrogen and oxygen atoms in total. The number of hydrogen-bond acceptors (Lipinski definition) is 5. The van der Waals surface area contributed by atoms with Gasteiger partial charge in [0, 0.05) is 27.9 Å². The second-order valence-electron chi connectivity index (χ2n) is 6.15. The van der Waals surface area contributed by atoms with E-state index in [0.717, 1.165) is 17.1 Å². The van der Waals surface area contributed by atoms with Gasteiger partial charge in [-0.2, -0.15) is 0 Å². The first kappa shape index (κ1) is 23.6. The van der Waals surface area contributed by atoms with Gasteiger partial charge in [-0.1, -0.05) is 64.2 Å². The standard InChI is InChI=1S/C19H16Cl4N4OS2/c1-27-17(9-29-8-11-2-3-12(20)6-14(11)22)25-26-19(27)30-10-18(28)24-16-5-4-13(21)7-15(16)23/h2-7H,8-10H2,1H3,(H,24,28). The summed E-state index contributed by atoms with van der Waals surface area (Å²) in [7, 11) is 1.88. The number of rotatable bonds is 8. The molecule has 11 heteroatoms. The van der Waals surface area contributed by atoms with Gasteiger partial charge < -0.3 is 9.88 Å². The van der Waals surface area contributed by atoms with Crippen LogP contribution in [0.3, 0.4) is 0 Å². The first-order chi connectivity index (χ1) is 14.3. The normalized spacial score (nSPS) is 11.0. The minimum atomic E-state index is -0.194. The van der Waals surface area contributed by atoms with Crippen LogP contribution in [-0.4, -0.2) is 26.4 Å². The SMILES string of the molecule is Cn1c(CSCc2ccc(Cl)cc2Cl)nnc1SCC(=O)Nc1ccc(Cl)cc1Cl. The van der Waals surface area contributed by atoms with Crippen molar-refractivity contribution in [1.82, 2.24) is 14.8 Å². The summed E-state index contributed by atoms with van der Waals surface area (Å²) in [6, 6.07) is 10.4. The molecule has 1 amide bonds. The number of carbonyl (C=O) groups is 1. The van der Waals surface area contributed by atoms with Crippen molar-refractivity contribution in [3.8, 4) is 0 Å². The summed E-state index contributed by atoms with van der Waals surface area (Å²) < 4.78 is 1.88. The van der Waals surface area contributed by atoms with E-state index in [1.165, 1.54) is 11.8 Å². The van der Waals surface area contributed by atoms with Gasteiger partial charge in [0.2, 0.25) is 5.91 Å². The number of amides is 1. The van der Waals surface area contributed by atoms with Gasteiger partial charge in [0.1, 0.15) is 5.82 Å². The fourth-order valence-corrected chi connectivity index (χ4v) is 5.14. The molecule has 30 heavy (non-hydrogen) atoms. The monoisotopic (exact) mass is 520 g/mol. The smallest absolute Gasteiger partial charge is 0.234 e. The molecule has 0 saturated carbocycles. The van der Waals surface area contributed by atoms with Crippen molar-refractivity contribution in [3.63, 3.8) is 0 Å². The maximum atomic E-state index is 12.2. The van der Waals surface area contributed by atoms with Gasteiger partial charge >= 0.3 is 0 Å². The molecule has 3 rings (SSSR count). The number of nitrogens with one attached hydrogen (secondary N) is 1. The highest BCUT2D eigenvalue weighted by Gasteiger charge is 2.13. The summed E-state index contributed by atoms with van der Waals surface area (Å²) in [5, 5.41) is 14.0. The highest BCUT2D eigenvalue weighted by molar-refractivity contribution is 7.99. The van der Waals surface area contributed by atoms with E-state index in [1.54, 1.807) is 36.0 Å². The van der Waals surface area contributed by atoms with E-state index in [0.29, 0.717) is 36.7 Å². The first-order valence-electron chi connectivity index (χ1n) is 8.61. The highest BCUT2D eigenvalue weighted by Crippen LogP contribution is 2.28. The third-order valence-electron chi connectivity index (χ3n) is 3.97. The Balaban J connectivity index is 1.50. The van der Waals surface area contributed by atoms with Crippen LogP contribution in [0.25, 0.3) is 0 Å². The van der Waals surface area contributed by atoms with Crippen LogP contribution in [-0.2, 0) is 23.3 Å². The topological polar surface area (TPSA) is 59.8 Å². The number of halogens is 4. The highest BCUT2D eigenvalue weighted by atomic mass is 35.5. The molecule has 0 aliphatic rings. The number of aromatic nitrogens is 3. The van der Waals surface area contributed by atoms with Crippen LogP contribution in [0.2, 0.25) is 20.1 Å². The Hall–Kier alpha value is -1.09. The molecule has 3 aromatic rings. The summed E-state index contributed by atoms with van der Waals surface area (Å²) in [5.74, 6) is 2.19. The zero-order valence-corrected chi connectivity index (χ0v) is 20.3. The third kappa shape index (κ3) is 6.45. The molecule has 2 aromatic carbocycles. The van der Waals surface area contributed by atoms with E-state index in [9.17, 15) is 4.79 Å². The third-order valence-corrected chi connectivity index (χ3v) is 7.10. The molecule has 1 aromatic heterocycles. The Labute approximate surface area is 202 Å². The van der Waals surface area contributed by atoms with Crippen LogP contribution in [0.4, 0.5) is 5.69 Å². The molecule has 0 aliphatic carbocycles. The van der Waals surface area contributed by atoms with Crippen LogP contribution in [0.5, 0.6) is 0 Å².